The average Bonchev–Trinajstić information content (AvgIpc) is 3.24. The molecule has 8 rings (SSSR count). The Morgan fingerprint density at radius 3 is 1.62 bits per heavy atom. The number of nitrogens with zero attached hydrogens (tertiary/aromatic N) is 6. The van der Waals surface area contributed by atoms with Gasteiger partial charge in [-0.15, -0.1) is 0 Å². The number of anilines is 4. The van der Waals surface area contributed by atoms with Gasteiger partial charge in [0.2, 0.25) is 11.8 Å². The lowest BCUT2D eigenvalue weighted by atomic mass is 9.95. The normalized spacial score (nSPS) is 14.3. The number of halogens is 1. The monoisotopic (exact) mass is 892 g/mol. The fraction of sp³-hybridized carbons (Fsp3) is 0.348. The van der Waals surface area contributed by atoms with E-state index in [1.807, 2.05) is 108 Å². The first-order chi connectivity index (χ1) is 29.1. The number of phenolic OH excluding ortho intramolecular Hbond substituents is 1. The van der Waals surface area contributed by atoms with Crippen LogP contribution < -0.4 is 25.2 Å². The summed E-state index contributed by atoms with van der Waals surface area (Å²) in [7, 11) is 0. The lowest BCUT2D eigenvalue weighted by Gasteiger charge is -2.27. The third kappa shape index (κ3) is 13.0. The van der Waals surface area contributed by atoms with Crippen LogP contribution in [0.4, 0.5) is 23.0 Å². The molecule has 0 radical (unpaired) electrons. The van der Waals surface area contributed by atoms with Gasteiger partial charge in [0.25, 0.3) is 0 Å². The number of nitrogens with one attached hydrogen (secondary N) is 2. The number of hydrogen-bond acceptors (Lipinski definition) is 12. The van der Waals surface area contributed by atoms with Crippen LogP contribution in [0.15, 0.2) is 102 Å². The minimum Gasteiger partial charge on any atom is -0.508 e. The number of morpholine rings is 2. The second kappa shape index (κ2) is 20.1. The Balaban J connectivity index is 0.000000169. The molecule has 14 nitrogen and oxygen atoms in total. The molecule has 2 fully saturated rings. The van der Waals surface area contributed by atoms with Gasteiger partial charge in [-0.1, -0.05) is 69.6 Å². The maximum absolute atomic E-state index is 12.2. The predicted octanol–water partition coefficient (Wildman–Crippen LogP) is 8.85. The van der Waals surface area contributed by atoms with E-state index in [9.17, 15) is 14.7 Å². The van der Waals surface area contributed by atoms with Gasteiger partial charge in [0.05, 0.1) is 60.9 Å². The highest BCUT2D eigenvalue weighted by atomic mass is 79.9. The van der Waals surface area contributed by atoms with Crippen molar-refractivity contribution in [1.29, 1.82) is 0 Å². The van der Waals surface area contributed by atoms with E-state index in [-0.39, 0.29) is 17.6 Å². The molecule has 0 bridgehead atoms. The van der Waals surface area contributed by atoms with Gasteiger partial charge in [0, 0.05) is 71.1 Å². The molecular formula is C46H53BrN8O6. The largest absolute Gasteiger partial charge is 0.508 e. The zero-order chi connectivity index (χ0) is 43.6. The maximum atomic E-state index is 12.2. The molecule has 0 atom stereocenters. The van der Waals surface area contributed by atoms with Crippen LogP contribution >= 0.6 is 15.9 Å². The van der Waals surface area contributed by atoms with E-state index in [0.29, 0.717) is 36.1 Å². The fourth-order valence-electron chi connectivity index (χ4n) is 5.90. The third-order valence-electron chi connectivity index (χ3n) is 9.46. The van der Waals surface area contributed by atoms with Gasteiger partial charge in [-0.05, 0) is 54.6 Å². The maximum Gasteiger partial charge on any atom is 0.229 e. The Bertz CT molecular complexity index is 2440. The quantitative estimate of drug-likeness (QED) is 0.146. The lowest BCUT2D eigenvalue weighted by Crippen LogP contribution is -2.36. The molecule has 0 aliphatic carbocycles. The second-order valence-corrected chi connectivity index (χ2v) is 17.4. The number of ether oxygens (including phenoxy) is 3. The van der Waals surface area contributed by atoms with Crippen molar-refractivity contribution in [1.82, 2.24) is 19.9 Å². The molecular weight excluding hydrogens is 840 g/mol. The molecule has 0 saturated carbocycles. The molecule has 2 aromatic heterocycles. The van der Waals surface area contributed by atoms with Crippen LogP contribution in [0, 0.1) is 10.8 Å². The van der Waals surface area contributed by atoms with Gasteiger partial charge in [-0.3, -0.25) is 19.6 Å². The van der Waals surface area contributed by atoms with Crippen LogP contribution in [0.25, 0.3) is 22.1 Å². The first-order valence-corrected chi connectivity index (χ1v) is 20.9. The predicted molar refractivity (Wildman–Crippen MR) is 244 cm³/mol. The summed E-state index contributed by atoms with van der Waals surface area (Å²) in [5.41, 5.74) is 3.85. The van der Waals surface area contributed by atoms with Gasteiger partial charge in [0.15, 0.2) is 0 Å². The minimum atomic E-state index is -0.466. The molecule has 320 valence electrons. The van der Waals surface area contributed by atoms with Crippen LogP contribution in [-0.4, -0.2) is 89.5 Å². The molecule has 2 aliphatic rings. The van der Waals surface area contributed by atoms with Crippen LogP contribution in [-0.2, 0) is 19.1 Å². The highest BCUT2D eigenvalue weighted by Crippen LogP contribution is 2.28. The van der Waals surface area contributed by atoms with Gasteiger partial charge < -0.3 is 39.8 Å². The number of aromatic nitrogens is 4. The Labute approximate surface area is 364 Å². The summed E-state index contributed by atoms with van der Waals surface area (Å²) in [5, 5.41) is 14.8. The summed E-state index contributed by atoms with van der Waals surface area (Å²) in [6.07, 6.45) is 3.64. The Hall–Kier alpha value is -5.90. The van der Waals surface area contributed by atoms with Gasteiger partial charge in [-0.2, -0.15) is 0 Å². The fourth-order valence-corrected chi connectivity index (χ4v) is 6.25. The topological polar surface area (TPSA) is 164 Å². The minimum absolute atomic E-state index is 0.0451. The molecule has 2 aliphatic heterocycles. The van der Waals surface area contributed by atoms with Crippen molar-refractivity contribution >= 4 is 72.8 Å². The molecule has 6 aromatic rings. The number of benzene rings is 4. The van der Waals surface area contributed by atoms with Crippen molar-refractivity contribution in [3.8, 4) is 17.2 Å². The summed E-state index contributed by atoms with van der Waals surface area (Å²) in [6.45, 7) is 17.5. The summed E-state index contributed by atoms with van der Waals surface area (Å²) >= 11 is 3.45. The number of carbonyl (C=O) groups excluding carboxylic acids is 2. The molecule has 4 aromatic carbocycles. The highest BCUT2D eigenvalue weighted by molar-refractivity contribution is 9.10. The van der Waals surface area contributed by atoms with Gasteiger partial charge in [0.1, 0.15) is 28.9 Å². The molecule has 2 amide bonds. The Kier molecular flexibility index (Phi) is 14.7. The number of rotatable bonds is 6. The smallest absolute Gasteiger partial charge is 0.229 e. The van der Waals surface area contributed by atoms with E-state index < -0.39 is 10.8 Å². The van der Waals surface area contributed by atoms with Crippen molar-refractivity contribution in [2.75, 3.05) is 73.0 Å². The van der Waals surface area contributed by atoms with Crippen LogP contribution in [0.2, 0.25) is 0 Å². The first-order valence-electron chi connectivity index (χ1n) is 20.2. The molecule has 3 N–H and O–H groups in total. The van der Waals surface area contributed by atoms with E-state index in [4.69, 9.17) is 19.2 Å². The molecule has 61 heavy (non-hydrogen) atoms. The van der Waals surface area contributed by atoms with Crippen molar-refractivity contribution in [2.45, 2.75) is 41.5 Å². The number of fused-ring (bicyclic) bond motifs is 2. The molecule has 4 heterocycles. The third-order valence-corrected chi connectivity index (χ3v) is 9.95. The second-order valence-electron chi connectivity index (χ2n) is 16.5. The molecule has 15 heteroatoms. The highest BCUT2D eigenvalue weighted by Gasteiger charge is 2.22. The Morgan fingerprint density at radius 2 is 1.10 bits per heavy atom. The number of amides is 2. The number of phenols is 1. The van der Waals surface area contributed by atoms with E-state index >= 15 is 0 Å². The van der Waals surface area contributed by atoms with Crippen molar-refractivity contribution < 1.29 is 28.9 Å². The summed E-state index contributed by atoms with van der Waals surface area (Å²) in [4.78, 5) is 46.5. The van der Waals surface area contributed by atoms with Gasteiger partial charge in [-0.25, -0.2) is 9.97 Å². The van der Waals surface area contributed by atoms with Crippen LogP contribution in [0.1, 0.15) is 41.5 Å². The van der Waals surface area contributed by atoms with Gasteiger partial charge >= 0.3 is 0 Å². The zero-order valence-electron chi connectivity index (χ0n) is 35.4. The Morgan fingerprint density at radius 1 is 0.623 bits per heavy atom. The SMILES string of the molecule is Brc1ccc2ncc(N3CCOCC3)nc2c1.CC(C)(C)C(=O)Nc1cccc(O)c1.CC(C)(C)C(=O)Nc1cccc(Oc2ccc3ncc(N4CCOCC4)nc3c2)c1. The zero-order valence-corrected chi connectivity index (χ0v) is 37.0. The molecule has 0 unspecified atom stereocenters. The first kappa shape index (κ1) is 44.6. The van der Waals surface area contributed by atoms with E-state index in [1.165, 1.54) is 6.07 Å². The van der Waals surface area contributed by atoms with Crippen LogP contribution in [0.5, 0.6) is 17.2 Å². The lowest BCUT2D eigenvalue weighted by molar-refractivity contribution is -0.123. The summed E-state index contributed by atoms with van der Waals surface area (Å²) in [6, 6.07) is 25.4. The number of carbonyl (C=O) groups is 2. The van der Waals surface area contributed by atoms with E-state index in [0.717, 1.165) is 77.6 Å². The standard InChI is InChI=1S/C23H26N4O3.C12H12BrN3O.C11H15NO2/c1-23(2,3)22(28)25-16-5-4-6-17(13-16)30-18-7-8-19-20(14-18)26-21(15-24-19)27-9-11-29-12-10-27;13-9-1-2-10-11(7-9)15-12(8-14-10)16-3-5-17-6-4-16;1-11(2,3)10(14)12-8-5-4-6-9(13)7-8/h4-8,13-15H,9-12H2,1-3H3,(H,25,28);1-2,7-8H,3-6H2;4-7,13H,1-3H3,(H,12,14). The average molecular weight is 894 g/mol. The van der Waals surface area contributed by atoms with E-state index in [1.54, 1.807) is 24.4 Å². The molecule has 0 spiro atoms. The van der Waals surface area contributed by atoms with Crippen LogP contribution in [0.3, 0.4) is 0 Å². The van der Waals surface area contributed by atoms with Crippen molar-refractivity contribution in [3.63, 3.8) is 0 Å². The van der Waals surface area contributed by atoms with Crippen molar-refractivity contribution in [3.05, 3.63) is 102 Å². The number of hydrogen-bond donors (Lipinski definition) is 3. The summed E-state index contributed by atoms with van der Waals surface area (Å²) < 4.78 is 17.8. The van der Waals surface area contributed by atoms with Crippen molar-refractivity contribution in [2.24, 2.45) is 10.8 Å². The molecule has 2 saturated heterocycles. The summed E-state index contributed by atoms with van der Waals surface area (Å²) in [5.74, 6) is 3.11. The number of aromatic hydroxyl groups is 1. The van der Waals surface area contributed by atoms with E-state index in [2.05, 4.69) is 51.3 Å².